The van der Waals surface area contributed by atoms with E-state index in [1.807, 2.05) is 0 Å². The van der Waals surface area contributed by atoms with E-state index >= 15 is 0 Å². The van der Waals surface area contributed by atoms with E-state index in [9.17, 15) is 0 Å². The smallest absolute Gasteiger partial charge is 0.0246 e. The number of likely N-dealkylation sites (N-methyl/N-ethyl adjacent to an activating group) is 1. The van der Waals surface area contributed by atoms with Gasteiger partial charge in [-0.05, 0) is 38.0 Å². The van der Waals surface area contributed by atoms with Gasteiger partial charge in [0.1, 0.15) is 0 Å². The molecule has 1 aliphatic heterocycles. The van der Waals surface area contributed by atoms with E-state index in [1.165, 1.54) is 25.1 Å². The predicted octanol–water partition coefficient (Wildman–Crippen LogP) is 2.85. The molecule has 2 heteroatoms. The largest absolute Gasteiger partial charge is 0.302 e. The van der Waals surface area contributed by atoms with Crippen LogP contribution in [0, 0.1) is 5.92 Å². The van der Waals surface area contributed by atoms with Crippen molar-refractivity contribution in [2.75, 3.05) is 26.7 Å². The van der Waals surface area contributed by atoms with Crippen molar-refractivity contribution in [2.24, 2.45) is 5.92 Å². The van der Waals surface area contributed by atoms with E-state index < -0.39 is 0 Å². The van der Waals surface area contributed by atoms with Crippen LogP contribution < -0.4 is 0 Å². The highest BCUT2D eigenvalue weighted by atomic mass is 15.2. The summed E-state index contributed by atoms with van der Waals surface area (Å²) in [5, 5.41) is 0. The lowest BCUT2D eigenvalue weighted by molar-refractivity contribution is 0.0743. The molecule has 1 heterocycles. The van der Waals surface area contributed by atoms with Crippen molar-refractivity contribution in [3.63, 3.8) is 0 Å². The van der Waals surface area contributed by atoms with Crippen LogP contribution in [0.5, 0.6) is 0 Å². The third-order valence-electron chi connectivity index (χ3n) is 4.32. The lowest BCUT2D eigenvalue weighted by Crippen LogP contribution is -2.50. The molecule has 1 aromatic carbocycles. The third-order valence-corrected chi connectivity index (χ3v) is 4.32. The molecule has 0 aliphatic carbocycles. The number of benzene rings is 1. The summed E-state index contributed by atoms with van der Waals surface area (Å²) in [6.45, 7) is 9.35. The van der Waals surface area contributed by atoms with Gasteiger partial charge in [0.2, 0.25) is 0 Å². The molecule has 18 heavy (non-hydrogen) atoms. The van der Waals surface area contributed by atoms with Gasteiger partial charge in [0.05, 0.1) is 0 Å². The number of hydrogen-bond acceptors (Lipinski definition) is 2. The fourth-order valence-electron chi connectivity index (χ4n) is 2.91. The van der Waals surface area contributed by atoms with E-state index in [-0.39, 0.29) is 0 Å². The molecule has 1 aromatic rings. The second kappa shape index (κ2) is 6.35. The average molecular weight is 246 g/mol. The van der Waals surface area contributed by atoms with Crippen LogP contribution >= 0.6 is 0 Å². The summed E-state index contributed by atoms with van der Waals surface area (Å²) in [6.07, 6.45) is 1.32. The Morgan fingerprint density at radius 3 is 2.67 bits per heavy atom. The fraction of sp³-hybridized carbons (Fsp3) is 0.625. The summed E-state index contributed by atoms with van der Waals surface area (Å²) in [7, 11) is 2.26. The molecule has 1 saturated heterocycles. The lowest BCUT2D eigenvalue weighted by Gasteiger charge is -2.41. The van der Waals surface area contributed by atoms with Gasteiger partial charge in [-0.15, -0.1) is 0 Å². The number of hydrogen-bond donors (Lipinski definition) is 0. The number of piperidine rings is 1. The Bertz CT molecular complexity index is 345. The minimum Gasteiger partial charge on any atom is -0.302 e. The number of nitrogens with zero attached hydrogens (tertiary/aromatic N) is 2. The van der Waals surface area contributed by atoms with Crippen molar-refractivity contribution in [2.45, 2.75) is 32.9 Å². The van der Waals surface area contributed by atoms with E-state index in [1.54, 1.807) is 0 Å². The molecule has 2 rings (SSSR count). The Kier molecular flexibility index (Phi) is 4.79. The molecule has 0 aromatic heterocycles. The molecule has 0 unspecified atom stereocenters. The van der Waals surface area contributed by atoms with Crippen LogP contribution in [0.15, 0.2) is 30.3 Å². The standard InChI is InChI=1S/C16H26N2/c1-4-17(3)16-13-18(11-10-14(16)2)12-15-8-6-5-7-9-15/h5-9,14,16H,4,10-13H2,1-3H3/t14-,16+/m1/s1. The first-order valence-corrected chi connectivity index (χ1v) is 7.17. The summed E-state index contributed by atoms with van der Waals surface area (Å²) in [6, 6.07) is 11.5. The van der Waals surface area contributed by atoms with E-state index in [0.717, 1.165) is 19.0 Å². The lowest BCUT2D eigenvalue weighted by atomic mass is 9.92. The summed E-state index contributed by atoms with van der Waals surface area (Å²) < 4.78 is 0. The molecule has 0 N–H and O–H groups in total. The van der Waals surface area contributed by atoms with Crippen molar-refractivity contribution in [3.8, 4) is 0 Å². The molecule has 2 atom stereocenters. The summed E-state index contributed by atoms with van der Waals surface area (Å²) in [4.78, 5) is 5.11. The maximum atomic E-state index is 2.60. The normalized spacial score (nSPS) is 25.6. The van der Waals surface area contributed by atoms with E-state index in [2.05, 4.69) is 61.0 Å². The Hall–Kier alpha value is -0.860. The molecule has 0 spiro atoms. The number of rotatable bonds is 4. The van der Waals surface area contributed by atoms with Gasteiger partial charge in [0.25, 0.3) is 0 Å². The van der Waals surface area contributed by atoms with Gasteiger partial charge in [-0.2, -0.15) is 0 Å². The predicted molar refractivity (Wildman–Crippen MR) is 77.6 cm³/mol. The fourth-order valence-corrected chi connectivity index (χ4v) is 2.91. The van der Waals surface area contributed by atoms with Gasteiger partial charge >= 0.3 is 0 Å². The molecule has 1 aliphatic rings. The molecular weight excluding hydrogens is 220 g/mol. The van der Waals surface area contributed by atoms with Crippen molar-refractivity contribution in [1.82, 2.24) is 9.80 Å². The first-order chi connectivity index (χ1) is 8.70. The molecular formula is C16H26N2. The van der Waals surface area contributed by atoms with E-state index in [4.69, 9.17) is 0 Å². The van der Waals surface area contributed by atoms with Crippen molar-refractivity contribution in [1.29, 1.82) is 0 Å². The topological polar surface area (TPSA) is 6.48 Å². The van der Waals surface area contributed by atoms with Gasteiger partial charge < -0.3 is 4.90 Å². The van der Waals surface area contributed by atoms with Crippen LogP contribution in [0.25, 0.3) is 0 Å². The zero-order valence-corrected chi connectivity index (χ0v) is 12.0. The van der Waals surface area contributed by atoms with Gasteiger partial charge in [-0.1, -0.05) is 44.2 Å². The van der Waals surface area contributed by atoms with Crippen molar-refractivity contribution in [3.05, 3.63) is 35.9 Å². The quantitative estimate of drug-likeness (QED) is 0.806. The highest BCUT2D eigenvalue weighted by molar-refractivity contribution is 5.14. The molecule has 1 fully saturated rings. The van der Waals surface area contributed by atoms with Crippen LogP contribution in [0.3, 0.4) is 0 Å². The second-order valence-electron chi connectivity index (χ2n) is 5.63. The van der Waals surface area contributed by atoms with Crippen LogP contribution in [-0.4, -0.2) is 42.5 Å². The average Bonchev–Trinajstić information content (AvgIpc) is 2.41. The zero-order chi connectivity index (χ0) is 13.0. The van der Waals surface area contributed by atoms with E-state index in [0.29, 0.717) is 6.04 Å². The number of likely N-dealkylation sites (tertiary alicyclic amines) is 1. The van der Waals surface area contributed by atoms with Crippen LogP contribution in [0.1, 0.15) is 25.8 Å². The van der Waals surface area contributed by atoms with Crippen molar-refractivity contribution < 1.29 is 0 Å². The highest BCUT2D eigenvalue weighted by Gasteiger charge is 2.28. The van der Waals surface area contributed by atoms with Crippen LogP contribution in [-0.2, 0) is 6.54 Å². The Labute approximate surface area is 112 Å². The molecule has 0 amide bonds. The maximum absolute atomic E-state index is 2.60. The maximum Gasteiger partial charge on any atom is 0.0246 e. The molecule has 0 saturated carbocycles. The molecule has 0 radical (unpaired) electrons. The third kappa shape index (κ3) is 3.33. The Morgan fingerprint density at radius 1 is 1.28 bits per heavy atom. The van der Waals surface area contributed by atoms with Crippen LogP contribution in [0.4, 0.5) is 0 Å². The Morgan fingerprint density at radius 2 is 2.00 bits per heavy atom. The SMILES string of the molecule is CCN(C)[C@H]1CN(Cc2ccccc2)CC[C@H]1C. The highest BCUT2D eigenvalue weighted by Crippen LogP contribution is 2.22. The molecule has 0 bridgehead atoms. The summed E-state index contributed by atoms with van der Waals surface area (Å²) >= 11 is 0. The first-order valence-electron chi connectivity index (χ1n) is 7.17. The van der Waals surface area contributed by atoms with Crippen molar-refractivity contribution >= 4 is 0 Å². The minimum absolute atomic E-state index is 0.715. The van der Waals surface area contributed by atoms with Gasteiger partial charge in [-0.25, -0.2) is 0 Å². The summed E-state index contributed by atoms with van der Waals surface area (Å²) in [5.41, 5.74) is 1.44. The summed E-state index contributed by atoms with van der Waals surface area (Å²) in [5.74, 6) is 0.821. The van der Waals surface area contributed by atoms with Gasteiger partial charge in [-0.3, -0.25) is 4.90 Å². The van der Waals surface area contributed by atoms with Gasteiger partial charge in [0.15, 0.2) is 0 Å². The first kappa shape index (κ1) is 13.6. The second-order valence-corrected chi connectivity index (χ2v) is 5.63. The molecule has 2 nitrogen and oxygen atoms in total. The zero-order valence-electron chi connectivity index (χ0n) is 12.0. The van der Waals surface area contributed by atoms with Crippen LogP contribution in [0.2, 0.25) is 0 Å². The monoisotopic (exact) mass is 246 g/mol. The minimum atomic E-state index is 0.715. The molecule has 100 valence electrons. The van der Waals surface area contributed by atoms with Gasteiger partial charge in [0, 0.05) is 19.1 Å². The Balaban J connectivity index is 1.95.